The monoisotopic (exact) mass is 496 g/mol. The Morgan fingerprint density at radius 2 is 1.31 bits per heavy atom. The molecule has 32 heavy (non-hydrogen) atoms. The van der Waals surface area contributed by atoms with Crippen molar-refractivity contribution < 1.29 is 39.0 Å². The summed E-state index contributed by atoms with van der Waals surface area (Å²) in [6.07, 6.45) is 0.277. The maximum atomic E-state index is 12.3. The summed E-state index contributed by atoms with van der Waals surface area (Å²) in [6.45, 7) is -2.37. The Labute approximate surface area is 194 Å². The number of carbonyl (C=O) groups excluding carboxylic acids is 6. The topological polar surface area (TPSA) is 229 Å². The van der Waals surface area contributed by atoms with Crippen LogP contribution in [0.1, 0.15) is 0 Å². The van der Waals surface area contributed by atoms with E-state index in [0.29, 0.717) is 0 Å². The van der Waals surface area contributed by atoms with Gasteiger partial charge in [0.25, 0.3) is 0 Å². The second-order valence-corrected chi connectivity index (χ2v) is 6.94. The highest BCUT2D eigenvalue weighted by atomic mass is 32.1. The first-order valence-corrected chi connectivity index (χ1v) is 10.5. The molecule has 0 fully saturated rings. The SMILES string of the molecule is NCC(=O)N[C@@H](CS)C(=O)NCC(=O)N[C@@H](CS)C(=O)N[C@@H](CO)C(=O)N[C@H](C=O)CO. The van der Waals surface area contributed by atoms with Crippen molar-refractivity contribution in [1.82, 2.24) is 26.6 Å². The molecule has 0 heterocycles. The summed E-state index contributed by atoms with van der Waals surface area (Å²) in [7, 11) is 0. The summed E-state index contributed by atoms with van der Waals surface area (Å²) < 4.78 is 0. The van der Waals surface area contributed by atoms with E-state index in [2.05, 4.69) is 51.8 Å². The van der Waals surface area contributed by atoms with E-state index in [4.69, 9.17) is 10.8 Å². The molecule has 0 radical (unpaired) electrons. The third-order valence-electron chi connectivity index (χ3n) is 3.78. The van der Waals surface area contributed by atoms with Crippen molar-refractivity contribution in [3.05, 3.63) is 0 Å². The molecule has 0 unspecified atom stereocenters. The average molecular weight is 497 g/mol. The molecule has 0 aliphatic heterocycles. The van der Waals surface area contributed by atoms with Crippen LogP contribution in [-0.2, 0) is 28.8 Å². The van der Waals surface area contributed by atoms with E-state index in [1.165, 1.54) is 0 Å². The summed E-state index contributed by atoms with van der Waals surface area (Å²) in [5, 5.41) is 29.4. The number of rotatable bonds is 15. The molecule has 182 valence electrons. The standard InChI is InChI=1S/C16H28N6O8S2/c17-1-12(26)20-10(6-31)14(28)18-2-13(27)21-11(7-32)16(30)22-9(5-25)15(29)19-8(3-23)4-24/h3,8-11,24-25,31-32H,1-2,4-7,17H2,(H,18,28)(H,19,29)(H,20,26)(H,21,27)(H,22,30)/t8-,9+,10+,11+/m1/s1. The molecule has 0 aromatic heterocycles. The average Bonchev–Trinajstić information content (AvgIpc) is 2.80. The fraction of sp³-hybridized carbons (Fsp3) is 0.625. The summed E-state index contributed by atoms with van der Waals surface area (Å²) in [5.41, 5.74) is 5.15. The summed E-state index contributed by atoms with van der Waals surface area (Å²) in [6, 6.07) is -4.93. The van der Waals surface area contributed by atoms with Crippen LogP contribution in [0.2, 0.25) is 0 Å². The van der Waals surface area contributed by atoms with Gasteiger partial charge in [0, 0.05) is 11.5 Å². The van der Waals surface area contributed by atoms with Crippen LogP contribution in [0, 0.1) is 0 Å². The number of nitrogens with two attached hydrogens (primary N) is 1. The predicted molar refractivity (Wildman–Crippen MR) is 118 cm³/mol. The zero-order chi connectivity index (χ0) is 24.7. The minimum atomic E-state index is -1.46. The molecule has 0 aromatic carbocycles. The van der Waals surface area contributed by atoms with Crippen LogP contribution < -0.4 is 32.3 Å². The van der Waals surface area contributed by atoms with Gasteiger partial charge in [0.1, 0.15) is 30.5 Å². The van der Waals surface area contributed by atoms with E-state index in [0.717, 1.165) is 0 Å². The molecule has 0 aromatic rings. The fourth-order valence-electron chi connectivity index (χ4n) is 2.05. The molecule has 0 spiro atoms. The molecule has 5 amide bonds. The van der Waals surface area contributed by atoms with E-state index >= 15 is 0 Å². The van der Waals surface area contributed by atoms with Crippen molar-refractivity contribution in [1.29, 1.82) is 0 Å². The lowest BCUT2D eigenvalue weighted by Crippen LogP contribution is -2.58. The van der Waals surface area contributed by atoms with Gasteiger partial charge in [0.15, 0.2) is 0 Å². The first-order valence-electron chi connectivity index (χ1n) is 9.23. The molecule has 16 heteroatoms. The third kappa shape index (κ3) is 10.8. The first kappa shape index (κ1) is 29.6. The van der Waals surface area contributed by atoms with Crippen LogP contribution in [0.15, 0.2) is 0 Å². The minimum Gasteiger partial charge on any atom is -0.394 e. The van der Waals surface area contributed by atoms with Gasteiger partial charge < -0.3 is 47.3 Å². The Morgan fingerprint density at radius 3 is 1.78 bits per heavy atom. The molecule has 4 atom stereocenters. The van der Waals surface area contributed by atoms with Gasteiger partial charge in [-0.15, -0.1) is 0 Å². The Kier molecular flexibility index (Phi) is 15.0. The van der Waals surface area contributed by atoms with Gasteiger partial charge >= 0.3 is 0 Å². The van der Waals surface area contributed by atoms with Crippen LogP contribution in [0.4, 0.5) is 0 Å². The molecule has 0 rings (SSSR count). The molecule has 9 N–H and O–H groups in total. The normalized spacial score (nSPS) is 14.2. The summed E-state index contributed by atoms with van der Waals surface area (Å²) in [4.78, 5) is 70.3. The van der Waals surface area contributed by atoms with Crippen molar-refractivity contribution in [3.8, 4) is 0 Å². The smallest absolute Gasteiger partial charge is 0.245 e. The highest BCUT2D eigenvalue weighted by molar-refractivity contribution is 7.80. The summed E-state index contributed by atoms with van der Waals surface area (Å²) >= 11 is 7.88. The fourth-order valence-corrected chi connectivity index (χ4v) is 2.56. The van der Waals surface area contributed by atoms with Crippen LogP contribution in [0.3, 0.4) is 0 Å². The maximum Gasteiger partial charge on any atom is 0.245 e. The molecule has 0 bridgehead atoms. The van der Waals surface area contributed by atoms with Gasteiger partial charge in [-0.25, -0.2) is 0 Å². The highest BCUT2D eigenvalue weighted by Crippen LogP contribution is 1.94. The number of aldehydes is 1. The molecule has 14 nitrogen and oxygen atoms in total. The van der Waals surface area contributed by atoms with Gasteiger partial charge in [-0.3, -0.25) is 24.0 Å². The van der Waals surface area contributed by atoms with E-state index < -0.39 is 73.5 Å². The number of carbonyl (C=O) groups is 6. The van der Waals surface area contributed by atoms with Crippen LogP contribution in [0.5, 0.6) is 0 Å². The van der Waals surface area contributed by atoms with Crippen molar-refractivity contribution in [2.24, 2.45) is 5.73 Å². The summed E-state index contributed by atoms with van der Waals surface area (Å²) in [5.74, 6) is -4.10. The number of nitrogens with one attached hydrogen (secondary N) is 5. The first-order chi connectivity index (χ1) is 15.2. The Bertz CT molecular complexity index is 683. The Morgan fingerprint density at radius 1 is 0.781 bits per heavy atom. The molecular formula is C16H28N6O8S2. The molecular weight excluding hydrogens is 468 g/mol. The number of hydrogen-bond acceptors (Lipinski definition) is 11. The largest absolute Gasteiger partial charge is 0.394 e. The lowest BCUT2D eigenvalue weighted by atomic mass is 10.2. The van der Waals surface area contributed by atoms with Gasteiger partial charge in [0.05, 0.1) is 26.3 Å². The molecule has 0 aliphatic carbocycles. The number of aliphatic hydroxyl groups is 2. The van der Waals surface area contributed by atoms with E-state index in [1.807, 2.05) is 0 Å². The second kappa shape index (κ2) is 16.3. The van der Waals surface area contributed by atoms with E-state index in [-0.39, 0.29) is 24.3 Å². The lowest BCUT2D eigenvalue weighted by Gasteiger charge is -2.22. The van der Waals surface area contributed by atoms with Crippen LogP contribution in [-0.4, -0.2) is 108 Å². The highest BCUT2D eigenvalue weighted by Gasteiger charge is 2.27. The van der Waals surface area contributed by atoms with Gasteiger partial charge in [0.2, 0.25) is 29.5 Å². The quantitative estimate of drug-likeness (QED) is 0.0767. The van der Waals surface area contributed by atoms with Gasteiger partial charge in [-0.1, -0.05) is 0 Å². The Hall–Kier alpha value is -2.40. The van der Waals surface area contributed by atoms with Crippen LogP contribution >= 0.6 is 25.3 Å². The van der Waals surface area contributed by atoms with Gasteiger partial charge in [-0.2, -0.15) is 25.3 Å². The minimum absolute atomic E-state index is 0.0489. The number of amides is 5. The van der Waals surface area contributed by atoms with Crippen molar-refractivity contribution in [2.45, 2.75) is 24.2 Å². The molecule has 0 saturated carbocycles. The maximum absolute atomic E-state index is 12.3. The van der Waals surface area contributed by atoms with Crippen molar-refractivity contribution >= 4 is 61.1 Å². The van der Waals surface area contributed by atoms with Crippen molar-refractivity contribution in [3.63, 3.8) is 0 Å². The van der Waals surface area contributed by atoms with E-state index in [9.17, 15) is 33.9 Å². The van der Waals surface area contributed by atoms with Crippen LogP contribution in [0.25, 0.3) is 0 Å². The second-order valence-electron chi connectivity index (χ2n) is 6.20. The van der Waals surface area contributed by atoms with Crippen molar-refractivity contribution in [2.75, 3.05) is 37.8 Å². The van der Waals surface area contributed by atoms with Gasteiger partial charge in [-0.05, 0) is 0 Å². The molecule has 0 saturated heterocycles. The molecule has 0 aliphatic rings. The Balaban J connectivity index is 4.79. The number of thiol groups is 2. The number of hydrogen-bond donors (Lipinski definition) is 10. The zero-order valence-electron chi connectivity index (χ0n) is 16.9. The van der Waals surface area contributed by atoms with E-state index in [1.54, 1.807) is 0 Å². The third-order valence-corrected chi connectivity index (χ3v) is 4.51. The number of aliphatic hydroxyl groups excluding tert-OH is 2. The predicted octanol–water partition coefficient (Wildman–Crippen LogP) is -5.96. The lowest BCUT2D eigenvalue weighted by molar-refractivity contribution is -0.133. The zero-order valence-corrected chi connectivity index (χ0v) is 18.7.